The summed E-state index contributed by atoms with van der Waals surface area (Å²) in [6, 6.07) is 2.73. The van der Waals surface area contributed by atoms with Gasteiger partial charge in [0.15, 0.2) is 0 Å². The molecule has 0 aliphatic carbocycles. The summed E-state index contributed by atoms with van der Waals surface area (Å²) in [5, 5.41) is 2.65. The number of carbonyl (C=O) groups excluding carboxylic acids is 1. The number of hydrogen-bond acceptors (Lipinski definition) is 5. The van der Waals surface area contributed by atoms with Crippen LogP contribution in [0.15, 0.2) is 35.9 Å². The van der Waals surface area contributed by atoms with E-state index in [4.69, 9.17) is 4.74 Å². The van der Waals surface area contributed by atoms with Crippen LogP contribution in [0, 0.1) is 0 Å². The third-order valence-corrected chi connectivity index (χ3v) is 5.48. The Morgan fingerprint density at radius 1 is 1.59 bits per heavy atom. The lowest BCUT2D eigenvalue weighted by Gasteiger charge is -2.24. The molecule has 1 aromatic heterocycles. The van der Waals surface area contributed by atoms with Crippen molar-refractivity contribution >= 4 is 15.9 Å². The normalized spacial score (nSPS) is 18.9. The second-order valence-corrected chi connectivity index (χ2v) is 6.79. The molecule has 8 heteroatoms. The van der Waals surface area contributed by atoms with Crippen LogP contribution < -0.4 is 10.1 Å². The number of rotatable bonds is 6. The van der Waals surface area contributed by atoms with Crippen molar-refractivity contribution in [3.05, 3.63) is 31.0 Å². The van der Waals surface area contributed by atoms with Crippen LogP contribution in [-0.4, -0.2) is 49.9 Å². The topological polar surface area (TPSA) is 88.6 Å². The molecule has 0 aromatic carbocycles. The van der Waals surface area contributed by atoms with Gasteiger partial charge in [-0.05, 0) is 25.0 Å². The van der Waals surface area contributed by atoms with Gasteiger partial charge in [0, 0.05) is 25.2 Å². The highest BCUT2D eigenvalue weighted by molar-refractivity contribution is 7.89. The molecule has 0 radical (unpaired) electrons. The quantitative estimate of drug-likeness (QED) is 0.772. The average Bonchev–Trinajstić information content (AvgIpc) is 3.02. The second-order valence-electron chi connectivity index (χ2n) is 4.90. The standard InChI is InChI=1S/C14H19N3O4S/c1-3-13(18)15-9-11-5-4-8-17(11)22(19,20)12-6-7-14(21-2)16-10-12/h3,6-7,10-11H,1,4-5,8-9H2,2H3,(H,15,18)/t11-/m0/s1. The second kappa shape index (κ2) is 6.89. The molecule has 22 heavy (non-hydrogen) atoms. The number of amides is 1. The Kier molecular flexibility index (Phi) is 5.15. The monoisotopic (exact) mass is 325 g/mol. The fraction of sp³-hybridized carbons (Fsp3) is 0.429. The zero-order valence-corrected chi connectivity index (χ0v) is 13.2. The first-order valence-electron chi connectivity index (χ1n) is 6.91. The van der Waals surface area contributed by atoms with Gasteiger partial charge in [0.1, 0.15) is 4.90 Å². The van der Waals surface area contributed by atoms with E-state index in [0.717, 1.165) is 6.42 Å². The Hall–Kier alpha value is -1.93. The summed E-state index contributed by atoms with van der Waals surface area (Å²) < 4.78 is 31.7. The summed E-state index contributed by atoms with van der Waals surface area (Å²) in [4.78, 5) is 15.3. The van der Waals surface area contributed by atoms with Crippen molar-refractivity contribution in [3.8, 4) is 5.88 Å². The number of carbonyl (C=O) groups is 1. The number of pyridine rings is 1. The van der Waals surface area contributed by atoms with Gasteiger partial charge in [0.2, 0.25) is 21.8 Å². The van der Waals surface area contributed by atoms with Crippen LogP contribution in [0.5, 0.6) is 5.88 Å². The number of sulfonamides is 1. The van der Waals surface area contributed by atoms with Crippen molar-refractivity contribution in [1.82, 2.24) is 14.6 Å². The third-order valence-electron chi connectivity index (χ3n) is 3.55. The largest absolute Gasteiger partial charge is 0.481 e. The molecule has 1 N–H and O–H groups in total. The SMILES string of the molecule is C=CC(=O)NC[C@@H]1CCCN1S(=O)(=O)c1ccc(OC)nc1. The van der Waals surface area contributed by atoms with Crippen LogP contribution in [0.25, 0.3) is 0 Å². The maximum Gasteiger partial charge on any atom is 0.244 e. The minimum absolute atomic E-state index is 0.121. The summed E-state index contributed by atoms with van der Waals surface area (Å²) in [7, 11) is -2.16. The Labute approximate surface area is 130 Å². The van der Waals surface area contributed by atoms with Gasteiger partial charge in [0.25, 0.3) is 0 Å². The molecule has 0 saturated carbocycles. The minimum Gasteiger partial charge on any atom is -0.481 e. The highest BCUT2D eigenvalue weighted by Crippen LogP contribution is 2.26. The molecule has 1 aromatic rings. The van der Waals surface area contributed by atoms with E-state index in [2.05, 4.69) is 16.9 Å². The predicted molar refractivity (Wildman–Crippen MR) is 80.9 cm³/mol. The van der Waals surface area contributed by atoms with Crippen molar-refractivity contribution in [2.75, 3.05) is 20.2 Å². The van der Waals surface area contributed by atoms with Crippen LogP contribution in [0.3, 0.4) is 0 Å². The zero-order chi connectivity index (χ0) is 16.2. The van der Waals surface area contributed by atoms with E-state index in [-0.39, 0.29) is 23.4 Å². The van der Waals surface area contributed by atoms with Crippen molar-refractivity contribution in [3.63, 3.8) is 0 Å². The van der Waals surface area contributed by atoms with Crippen LogP contribution in [0.4, 0.5) is 0 Å². The maximum atomic E-state index is 12.7. The van der Waals surface area contributed by atoms with Crippen molar-refractivity contribution in [1.29, 1.82) is 0 Å². The van der Waals surface area contributed by atoms with E-state index in [1.165, 1.54) is 35.8 Å². The number of hydrogen-bond donors (Lipinski definition) is 1. The smallest absolute Gasteiger partial charge is 0.244 e. The van der Waals surface area contributed by atoms with E-state index in [0.29, 0.717) is 18.8 Å². The molecule has 1 fully saturated rings. The molecular formula is C14H19N3O4S. The van der Waals surface area contributed by atoms with Crippen LogP contribution in [0.2, 0.25) is 0 Å². The highest BCUT2D eigenvalue weighted by atomic mass is 32.2. The van der Waals surface area contributed by atoms with Gasteiger partial charge in [-0.15, -0.1) is 0 Å². The Morgan fingerprint density at radius 3 is 2.95 bits per heavy atom. The van der Waals surface area contributed by atoms with Gasteiger partial charge in [-0.25, -0.2) is 13.4 Å². The van der Waals surface area contributed by atoms with E-state index in [1.807, 2.05) is 0 Å². The first-order valence-corrected chi connectivity index (χ1v) is 8.35. The summed E-state index contributed by atoms with van der Waals surface area (Å²) >= 11 is 0. The molecule has 7 nitrogen and oxygen atoms in total. The van der Waals surface area contributed by atoms with Crippen molar-refractivity contribution in [2.45, 2.75) is 23.8 Å². The van der Waals surface area contributed by atoms with Gasteiger partial charge in [0.05, 0.1) is 13.3 Å². The molecule has 1 amide bonds. The molecule has 120 valence electrons. The lowest BCUT2D eigenvalue weighted by Crippen LogP contribution is -2.42. The van der Waals surface area contributed by atoms with Gasteiger partial charge >= 0.3 is 0 Å². The number of ether oxygens (including phenoxy) is 1. The van der Waals surface area contributed by atoms with Crippen molar-refractivity contribution in [2.24, 2.45) is 0 Å². The van der Waals surface area contributed by atoms with E-state index >= 15 is 0 Å². The third kappa shape index (κ3) is 3.45. The fourth-order valence-electron chi connectivity index (χ4n) is 2.40. The molecule has 1 saturated heterocycles. The maximum absolute atomic E-state index is 12.7. The van der Waals surface area contributed by atoms with Gasteiger partial charge < -0.3 is 10.1 Å². The number of nitrogens with zero attached hydrogens (tertiary/aromatic N) is 2. The van der Waals surface area contributed by atoms with Crippen LogP contribution in [0.1, 0.15) is 12.8 Å². The van der Waals surface area contributed by atoms with Gasteiger partial charge in [-0.3, -0.25) is 4.79 Å². The minimum atomic E-state index is -3.63. The molecule has 1 aliphatic rings. The number of aromatic nitrogens is 1. The van der Waals surface area contributed by atoms with Gasteiger partial charge in [-0.1, -0.05) is 6.58 Å². The van der Waals surface area contributed by atoms with E-state index in [9.17, 15) is 13.2 Å². The number of nitrogens with one attached hydrogen (secondary N) is 1. The van der Waals surface area contributed by atoms with E-state index in [1.54, 1.807) is 0 Å². The first kappa shape index (κ1) is 16.4. The van der Waals surface area contributed by atoms with Crippen molar-refractivity contribution < 1.29 is 17.9 Å². The lowest BCUT2D eigenvalue weighted by molar-refractivity contribution is -0.116. The Morgan fingerprint density at radius 2 is 2.36 bits per heavy atom. The molecule has 0 spiro atoms. The molecular weight excluding hydrogens is 306 g/mol. The summed E-state index contributed by atoms with van der Waals surface area (Å²) in [6.07, 6.45) is 3.92. The zero-order valence-electron chi connectivity index (χ0n) is 12.4. The highest BCUT2D eigenvalue weighted by Gasteiger charge is 2.35. The Bertz CT molecular complexity index is 643. The summed E-state index contributed by atoms with van der Waals surface area (Å²) in [5.74, 6) is 0.0468. The number of methoxy groups -OCH3 is 1. The van der Waals surface area contributed by atoms with Crippen LogP contribution in [-0.2, 0) is 14.8 Å². The van der Waals surface area contributed by atoms with E-state index < -0.39 is 10.0 Å². The van der Waals surface area contributed by atoms with Gasteiger partial charge in [-0.2, -0.15) is 4.31 Å². The average molecular weight is 325 g/mol. The molecule has 0 bridgehead atoms. The summed E-state index contributed by atoms with van der Waals surface area (Å²) in [6.45, 7) is 4.08. The Balaban J connectivity index is 2.15. The molecule has 2 heterocycles. The summed E-state index contributed by atoms with van der Waals surface area (Å²) in [5.41, 5.74) is 0. The van der Waals surface area contributed by atoms with Crippen LogP contribution >= 0.6 is 0 Å². The lowest BCUT2D eigenvalue weighted by atomic mass is 10.2. The molecule has 1 atom stereocenters. The first-order chi connectivity index (χ1) is 10.5. The molecule has 1 aliphatic heterocycles. The molecule has 0 unspecified atom stereocenters. The fourth-order valence-corrected chi connectivity index (χ4v) is 4.03. The molecule has 2 rings (SSSR count). The predicted octanol–water partition coefficient (Wildman–Crippen LogP) is 0.545.